The van der Waals surface area contributed by atoms with Crippen molar-refractivity contribution in [3.05, 3.63) is 29.3 Å². The van der Waals surface area contributed by atoms with E-state index in [1.807, 2.05) is 12.1 Å². The summed E-state index contributed by atoms with van der Waals surface area (Å²) in [6.45, 7) is 8.66. The maximum Gasteiger partial charge on any atom is 0.113 e. The molecule has 0 nitrogen and oxygen atoms in total. The molecule has 0 spiro atoms. The molecule has 2 radical (unpaired) electrons. The second kappa shape index (κ2) is 2.97. The van der Waals surface area contributed by atoms with E-state index in [1.165, 1.54) is 11.1 Å². The third-order valence-corrected chi connectivity index (χ3v) is 1.97. The molecule has 1 aromatic rings. The van der Waals surface area contributed by atoms with Crippen LogP contribution in [0.25, 0.3) is 0 Å². The van der Waals surface area contributed by atoms with E-state index in [9.17, 15) is 0 Å². The number of hydrogen-bond donors (Lipinski definition) is 0. The fourth-order valence-electron chi connectivity index (χ4n) is 1.25. The maximum absolute atomic E-state index is 5.76. The van der Waals surface area contributed by atoms with Crippen LogP contribution in [0.15, 0.2) is 18.2 Å². The van der Waals surface area contributed by atoms with E-state index < -0.39 is 0 Å². The number of hydrogen-bond acceptors (Lipinski definition) is 0. The Morgan fingerprint density at radius 3 is 2.08 bits per heavy atom. The molecule has 12 heavy (non-hydrogen) atoms. The van der Waals surface area contributed by atoms with E-state index in [-0.39, 0.29) is 5.41 Å². The molecule has 0 saturated heterocycles. The molecule has 1 aromatic carbocycles. The third kappa shape index (κ3) is 2.13. The van der Waals surface area contributed by atoms with Crippen molar-refractivity contribution in [2.75, 3.05) is 0 Å². The Labute approximate surface area is 76.4 Å². The van der Waals surface area contributed by atoms with Gasteiger partial charge in [0.25, 0.3) is 0 Å². The number of rotatable bonds is 0. The van der Waals surface area contributed by atoms with Crippen LogP contribution in [0.3, 0.4) is 0 Å². The van der Waals surface area contributed by atoms with Gasteiger partial charge in [-0.1, -0.05) is 50.0 Å². The van der Waals surface area contributed by atoms with Crippen molar-refractivity contribution < 1.29 is 0 Å². The lowest BCUT2D eigenvalue weighted by molar-refractivity contribution is 0.590. The Bertz CT molecular complexity index is 261. The number of aryl methyl sites for hydroxylation is 1. The van der Waals surface area contributed by atoms with Crippen molar-refractivity contribution in [3.63, 3.8) is 0 Å². The van der Waals surface area contributed by atoms with Crippen molar-refractivity contribution in [2.24, 2.45) is 0 Å². The van der Waals surface area contributed by atoms with E-state index in [4.69, 9.17) is 7.85 Å². The monoisotopic (exact) mass is 158 g/mol. The molecular weight excluding hydrogens is 143 g/mol. The van der Waals surface area contributed by atoms with Crippen molar-refractivity contribution in [2.45, 2.75) is 33.1 Å². The standard InChI is InChI=1S/C11H15B/c1-8-5-9(11(2,3)4)7-10(12)6-8/h5-7H,1-4H3. The molecule has 62 valence electrons. The minimum atomic E-state index is 0.195. The van der Waals surface area contributed by atoms with Gasteiger partial charge in [-0.15, -0.1) is 0 Å². The SMILES string of the molecule is [B]c1cc(C)cc(C(C)(C)C)c1. The van der Waals surface area contributed by atoms with Gasteiger partial charge < -0.3 is 0 Å². The van der Waals surface area contributed by atoms with E-state index >= 15 is 0 Å². The molecule has 0 aliphatic heterocycles. The molecule has 0 aliphatic rings. The lowest BCUT2D eigenvalue weighted by Gasteiger charge is -2.20. The normalized spacial score (nSPS) is 11.7. The quantitative estimate of drug-likeness (QED) is 0.507. The van der Waals surface area contributed by atoms with Crippen molar-refractivity contribution in [1.29, 1.82) is 0 Å². The van der Waals surface area contributed by atoms with E-state index in [0.29, 0.717) is 0 Å². The van der Waals surface area contributed by atoms with Gasteiger partial charge in [0.1, 0.15) is 7.85 Å². The molecule has 0 N–H and O–H groups in total. The van der Waals surface area contributed by atoms with Crippen molar-refractivity contribution >= 4 is 13.3 Å². The Hall–Kier alpha value is -0.715. The minimum absolute atomic E-state index is 0.195. The van der Waals surface area contributed by atoms with Crippen LogP contribution in [0.2, 0.25) is 0 Å². The predicted molar refractivity (Wildman–Crippen MR) is 55.3 cm³/mol. The van der Waals surface area contributed by atoms with Crippen LogP contribution in [0.1, 0.15) is 31.9 Å². The van der Waals surface area contributed by atoms with Gasteiger partial charge in [0.15, 0.2) is 0 Å². The second-order valence-corrected chi connectivity index (χ2v) is 4.38. The Balaban J connectivity index is 3.18. The van der Waals surface area contributed by atoms with Crippen LogP contribution in [-0.2, 0) is 5.41 Å². The topological polar surface area (TPSA) is 0 Å². The summed E-state index contributed by atoms with van der Waals surface area (Å²) in [5.41, 5.74) is 3.60. The molecular formula is C11H15B. The van der Waals surface area contributed by atoms with E-state index in [0.717, 1.165) is 5.46 Å². The fourth-order valence-corrected chi connectivity index (χ4v) is 1.25. The molecule has 0 aliphatic carbocycles. The van der Waals surface area contributed by atoms with Gasteiger partial charge in [0.2, 0.25) is 0 Å². The molecule has 0 amide bonds. The molecule has 0 aromatic heterocycles. The first-order valence-electron chi connectivity index (χ1n) is 4.27. The summed E-state index contributed by atoms with van der Waals surface area (Å²) in [5, 5.41) is 0. The third-order valence-electron chi connectivity index (χ3n) is 1.97. The van der Waals surface area contributed by atoms with Crippen LogP contribution in [-0.4, -0.2) is 7.85 Å². The molecule has 0 bridgehead atoms. The van der Waals surface area contributed by atoms with Crippen molar-refractivity contribution in [1.82, 2.24) is 0 Å². The summed E-state index contributed by atoms with van der Waals surface area (Å²) in [6.07, 6.45) is 0. The first-order chi connectivity index (χ1) is 5.39. The van der Waals surface area contributed by atoms with Crippen LogP contribution in [0, 0.1) is 6.92 Å². The Morgan fingerprint density at radius 1 is 1.08 bits per heavy atom. The first kappa shape index (κ1) is 9.37. The summed E-state index contributed by atoms with van der Waals surface area (Å²) < 4.78 is 0. The smallest absolute Gasteiger partial charge is 0.0961 e. The molecule has 0 saturated carbocycles. The molecule has 1 heteroatoms. The van der Waals surface area contributed by atoms with Crippen LogP contribution in [0.4, 0.5) is 0 Å². The number of benzene rings is 1. The van der Waals surface area contributed by atoms with Gasteiger partial charge in [-0.05, 0) is 17.9 Å². The predicted octanol–water partition coefficient (Wildman–Crippen LogP) is 2.09. The molecule has 0 fully saturated rings. The summed E-state index contributed by atoms with van der Waals surface area (Å²) in [4.78, 5) is 0. The zero-order valence-electron chi connectivity index (χ0n) is 8.31. The van der Waals surface area contributed by atoms with Crippen LogP contribution < -0.4 is 5.46 Å². The largest absolute Gasteiger partial charge is 0.113 e. The lowest BCUT2D eigenvalue weighted by Crippen LogP contribution is -2.15. The van der Waals surface area contributed by atoms with Crippen molar-refractivity contribution in [3.8, 4) is 0 Å². The van der Waals surface area contributed by atoms with Gasteiger partial charge in [-0.2, -0.15) is 0 Å². The highest BCUT2D eigenvalue weighted by atomic mass is 14.2. The summed E-state index contributed by atoms with van der Waals surface area (Å²) in [6, 6.07) is 6.23. The molecule has 0 unspecified atom stereocenters. The zero-order chi connectivity index (χ0) is 9.35. The average Bonchev–Trinajstić information content (AvgIpc) is 1.82. The zero-order valence-corrected chi connectivity index (χ0v) is 8.31. The van der Waals surface area contributed by atoms with E-state index in [1.54, 1.807) is 0 Å². The molecule has 1 rings (SSSR count). The van der Waals surface area contributed by atoms with E-state index in [2.05, 4.69) is 33.8 Å². The molecule has 0 atom stereocenters. The highest BCUT2D eigenvalue weighted by molar-refractivity contribution is 6.32. The van der Waals surface area contributed by atoms with Gasteiger partial charge in [-0.3, -0.25) is 0 Å². The van der Waals surface area contributed by atoms with Crippen LogP contribution in [0.5, 0.6) is 0 Å². The second-order valence-electron chi connectivity index (χ2n) is 4.38. The maximum atomic E-state index is 5.76. The summed E-state index contributed by atoms with van der Waals surface area (Å²) >= 11 is 0. The first-order valence-corrected chi connectivity index (χ1v) is 4.27. The summed E-state index contributed by atoms with van der Waals surface area (Å²) in [7, 11) is 5.76. The van der Waals surface area contributed by atoms with Gasteiger partial charge in [0.05, 0.1) is 0 Å². The highest BCUT2D eigenvalue weighted by Gasteiger charge is 2.13. The van der Waals surface area contributed by atoms with Gasteiger partial charge in [-0.25, -0.2) is 0 Å². The minimum Gasteiger partial charge on any atom is -0.0961 e. The van der Waals surface area contributed by atoms with Crippen LogP contribution >= 0.6 is 0 Å². The Morgan fingerprint density at radius 2 is 1.67 bits per heavy atom. The summed E-state index contributed by atoms with van der Waals surface area (Å²) in [5.74, 6) is 0. The highest BCUT2D eigenvalue weighted by Crippen LogP contribution is 2.21. The average molecular weight is 158 g/mol. The fraction of sp³-hybridized carbons (Fsp3) is 0.455. The lowest BCUT2D eigenvalue weighted by atomic mass is 9.82. The Kier molecular flexibility index (Phi) is 2.32. The van der Waals surface area contributed by atoms with Gasteiger partial charge >= 0.3 is 0 Å². The molecule has 0 heterocycles. The van der Waals surface area contributed by atoms with Gasteiger partial charge in [0, 0.05) is 0 Å².